The van der Waals surface area contributed by atoms with Gasteiger partial charge >= 0.3 is 12.1 Å². The van der Waals surface area contributed by atoms with E-state index in [1.54, 1.807) is 0 Å². The second-order valence-electron chi connectivity index (χ2n) is 8.44. The summed E-state index contributed by atoms with van der Waals surface area (Å²) in [5.41, 5.74) is 3.63. The van der Waals surface area contributed by atoms with E-state index in [4.69, 9.17) is 9.84 Å². The summed E-state index contributed by atoms with van der Waals surface area (Å²) >= 11 is 1.24. The van der Waals surface area contributed by atoms with E-state index in [1.165, 1.54) is 11.8 Å². The molecule has 0 aromatic heterocycles. The lowest BCUT2D eigenvalue weighted by Crippen LogP contribution is -2.57. The Hall–Kier alpha value is -3.00. The van der Waals surface area contributed by atoms with Crippen LogP contribution in [0.2, 0.25) is 0 Å². The Kier molecular flexibility index (Phi) is 7.23. The van der Waals surface area contributed by atoms with Crippen LogP contribution in [0.4, 0.5) is 4.79 Å². The van der Waals surface area contributed by atoms with Crippen LogP contribution in [0.3, 0.4) is 0 Å². The smallest absolute Gasteiger partial charge is 0.408 e. The van der Waals surface area contributed by atoms with Crippen molar-refractivity contribution in [1.82, 2.24) is 10.6 Å². The topological polar surface area (TPSA) is 105 Å². The predicted octanol–water partition coefficient (Wildman–Crippen LogP) is 3.77. The molecule has 0 spiro atoms. The summed E-state index contributed by atoms with van der Waals surface area (Å²) in [6.45, 7) is 0.550. The molecule has 4 rings (SSSR count). The van der Waals surface area contributed by atoms with Crippen LogP contribution >= 0.6 is 11.8 Å². The molecule has 2 aromatic carbocycles. The molecule has 0 saturated heterocycles. The lowest BCUT2D eigenvalue weighted by molar-refractivity contribution is -0.134. The van der Waals surface area contributed by atoms with Gasteiger partial charge in [0, 0.05) is 18.2 Å². The van der Waals surface area contributed by atoms with Gasteiger partial charge in [-0.25, -0.2) is 4.79 Å². The molecule has 3 N–H and O–H groups in total. The number of nitrogens with one attached hydrogen (secondary N) is 2. The number of carboxylic acid groups (broad SMARTS) is 1. The minimum Gasteiger partial charge on any atom is -0.481 e. The van der Waals surface area contributed by atoms with Gasteiger partial charge in [0.2, 0.25) is 5.91 Å². The van der Waals surface area contributed by atoms with E-state index < -0.39 is 17.6 Å². The molecule has 7 nitrogen and oxygen atoms in total. The number of benzene rings is 2. The zero-order chi connectivity index (χ0) is 23.3. The van der Waals surface area contributed by atoms with E-state index in [1.807, 2.05) is 24.3 Å². The molecule has 174 valence electrons. The van der Waals surface area contributed by atoms with Crippen LogP contribution in [0.5, 0.6) is 0 Å². The number of amides is 2. The Morgan fingerprint density at radius 3 is 2.21 bits per heavy atom. The lowest BCUT2D eigenvalue weighted by atomic mass is 9.96. The fraction of sp³-hybridized carbons (Fsp3) is 0.400. The number of carbonyl (C=O) groups is 3. The van der Waals surface area contributed by atoms with Gasteiger partial charge in [-0.1, -0.05) is 61.4 Å². The van der Waals surface area contributed by atoms with Crippen molar-refractivity contribution < 1.29 is 24.2 Å². The molecule has 0 bridgehead atoms. The molecule has 2 aliphatic carbocycles. The highest BCUT2D eigenvalue weighted by Gasteiger charge is 2.43. The number of alkyl carbamates (subject to hydrolysis) is 1. The fourth-order valence-corrected chi connectivity index (χ4v) is 5.35. The van der Waals surface area contributed by atoms with Gasteiger partial charge in [-0.2, -0.15) is 0 Å². The summed E-state index contributed by atoms with van der Waals surface area (Å²) in [7, 11) is 0. The minimum atomic E-state index is -0.972. The van der Waals surface area contributed by atoms with Gasteiger partial charge < -0.3 is 20.5 Å². The fourth-order valence-electron chi connectivity index (χ4n) is 4.78. The summed E-state index contributed by atoms with van der Waals surface area (Å²) in [6.07, 6.45) is 2.24. The van der Waals surface area contributed by atoms with Crippen LogP contribution in [-0.4, -0.2) is 53.3 Å². The molecule has 0 radical (unpaired) electrons. The van der Waals surface area contributed by atoms with Crippen molar-refractivity contribution in [3.63, 3.8) is 0 Å². The molecular formula is C25H28N2O5S. The highest BCUT2D eigenvalue weighted by Crippen LogP contribution is 2.44. The van der Waals surface area contributed by atoms with Crippen molar-refractivity contribution in [2.24, 2.45) is 0 Å². The molecule has 1 saturated carbocycles. The lowest BCUT2D eigenvalue weighted by Gasteiger charge is -2.29. The Labute approximate surface area is 197 Å². The van der Waals surface area contributed by atoms with E-state index in [-0.39, 0.29) is 24.2 Å². The Bertz CT molecular complexity index is 989. The molecule has 0 unspecified atom stereocenters. The SMILES string of the molecule is O=C(O)CSCCNC(=O)C1(NC(=O)OCC2c3ccccc3-c3ccccc32)CCCC1. The first-order valence-electron chi connectivity index (χ1n) is 11.2. The molecule has 2 amide bonds. The van der Waals surface area contributed by atoms with Crippen molar-refractivity contribution in [2.75, 3.05) is 24.7 Å². The number of hydrogen-bond donors (Lipinski definition) is 3. The van der Waals surface area contributed by atoms with Crippen molar-refractivity contribution in [2.45, 2.75) is 37.1 Å². The maximum absolute atomic E-state index is 12.9. The number of carboxylic acids is 1. The summed E-state index contributed by atoms with van der Waals surface area (Å²) in [5, 5.41) is 14.4. The number of fused-ring (bicyclic) bond motifs is 3. The van der Waals surface area contributed by atoms with Gasteiger partial charge in [-0.15, -0.1) is 11.8 Å². The zero-order valence-corrected chi connectivity index (χ0v) is 19.2. The monoisotopic (exact) mass is 468 g/mol. The van der Waals surface area contributed by atoms with Crippen LogP contribution in [0, 0.1) is 0 Å². The molecule has 2 aliphatic rings. The van der Waals surface area contributed by atoms with Gasteiger partial charge in [0.1, 0.15) is 12.1 Å². The predicted molar refractivity (Wildman–Crippen MR) is 127 cm³/mol. The Balaban J connectivity index is 1.35. The van der Waals surface area contributed by atoms with Gasteiger partial charge in [0.05, 0.1) is 5.75 Å². The molecule has 1 fully saturated rings. The first kappa shape index (κ1) is 23.2. The Morgan fingerprint density at radius 2 is 1.61 bits per heavy atom. The summed E-state index contributed by atoms with van der Waals surface area (Å²) in [4.78, 5) is 36.2. The van der Waals surface area contributed by atoms with Crippen LogP contribution in [0.25, 0.3) is 11.1 Å². The number of ether oxygens (including phenoxy) is 1. The largest absolute Gasteiger partial charge is 0.481 e. The van der Waals surface area contributed by atoms with Gasteiger partial charge in [-0.05, 0) is 35.1 Å². The van der Waals surface area contributed by atoms with E-state index >= 15 is 0 Å². The first-order chi connectivity index (χ1) is 16.0. The number of thioether (sulfide) groups is 1. The standard InChI is InChI=1S/C25H28N2O5S/c28-22(29)16-33-14-13-26-23(30)25(11-5-6-12-25)27-24(31)32-15-21-19-9-3-1-7-17(19)18-8-2-4-10-20(18)21/h1-4,7-10,21H,5-6,11-16H2,(H,26,30)(H,27,31)(H,28,29). The minimum absolute atomic E-state index is 0.000979. The van der Waals surface area contributed by atoms with E-state index in [9.17, 15) is 14.4 Å². The van der Waals surface area contributed by atoms with Gasteiger partial charge in [0.25, 0.3) is 0 Å². The van der Waals surface area contributed by atoms with Crippen LogP contribution in [0.15, 0.2) is 48.5 Å². The van der Waals surface area contributed by atoms with Crippen molar-refractivity contribution in [3.8, 4) is 11.1 Å². The third-order valence-electron chi connectivity index (χ3n) is 6.33. The highest BCUT2D eigenvalue weighted by molar-refractivity contribution is 7.99. The first-order valence-corrected chi connectivity index (χ1v) is 12.4. The summed E-state index contributed by atoms with van der Waals surface area (Å²) < 4.78 is 5.65. The quantitative estimate of drug-likeness (QED) is 0.484. The Morgan fingerprint density at radius 1 is 1.00 bits per heavy atom. The molecule has 8 heteroatoms. The van der Waals surface area contributed by atoms with E-state index in [0.717, 1.165) is 35.1 Å². The second kappa shape index (κ2) is 10.3. The average Bonchev–Trinajstić information content (AvgIpc) is 3.41. The highest BCUT2D eigenvalue weighted by atomic mass is 32.2. The molecule has 2 aromatic rings. The second-order valence-corrected chi connectivity index (χ2v) is 9.55. The maximum Gasteiger partial charge on any atom is 0.408 e. The summed E-state index contributed by atoms with van der Waals surface area (Å²) in [6, 6.07) is 16.3. The molecule has 0 aliphatic heterocycles. The van der Waals surface area contributed by atoms with Crippen molar-refractivity contribution in [3.05, 3.63) is 59.7 Å². The van der Waals surface area contributed by atoms with Crippen LogP contribution in [-0.2, 0) is 14.3 Å². The van der Waals surface area contributed by atoms with Crippen LogP contribution < -0.4 is 10.6 Å². The number of aliphatic carboxylic acids is 1. The van der Waals surface area contributed by atoms with Crippen LogP contribution in [0.1, 0.15) is 42.7 Å². The number of rotatable bonds is 9. The molecule has 0 heterocycles. The number of carbonyl (C=O) groups excluding carboxylic acids is 2. The normalized spacial score (nSPS) is 16.0. The maximum atomic E-state index is 12.9. The van der Waals surface area contributed by atoms with Gasteiger partial charge in [-0.3, -0.25) is 9.59 Å². The molecular weight excluding hydrogens is 440 g/mol. The van der Waals surface area contributed by atoms with E-state index in [0.29, 0.717) is 25.1 Å². The third kappa shape index (κ3) is 5.16. The average molecular weight is 469 g/mol. The summed E-state index contributed by atoms with van der Waals surface area (Å²) in [5.74, 6) is -0.652. The van der Waals surface area contributed by atoms with Crippen molar-refractivity contribution >= 4 is 29.7 Å². The van der Waals surface area contributed by atoms with E-state index in [2.05, 4.69) is 34.9 Å². The number of hydrogen-bond acceptors (Lipinski definition) is 5. The third-order valence-corrected chi connectivity index (χ3v) is 7.28. The van der Waals surface area contributed by atoms with Gasteiger partial charge in [0.15, 0.2) is 0 Å². The molecule has 33 heavy (non-hydrogen) atoms. The van der Waals surface area contributed by atoms with Crippen molar-refractivity contribution in [1.29, 1.82) is 0 Å². The zero-order valence-electron chi connectivity index (χ0n) is 18.3. The molecule has 0 atom stereocenters.